The van der Waals surface area contributed by atoms with Crippen molar-refractivity contribution in [2.24, 2.45) is 0 Å². The van der Waals surface area contributed by atoms with Gasteiger partial charge < -0.3 is 20.8 Å². The highest BCUT2D eigenvalue weighted by atomic mass is 19.2. The van der Waals surface area contributed by atoms with E-state index >= 15 is 0 Å². The van der Waals surface area contributed by atoms with Crippen LogP contribution in [0.1, 0.15) is 22.3 Å². The van der Waals surface area contributed by atoms with Gasteiger partial charge in [-0.3, -0.25) is 9.59 Å². The molecule has 0 spiro atoms. The Kier molecular flexibility index (Phi) is 12.1. The Labute approximate surface area is 253 Å². The summed E-state index contributed by atoms with van der Waals surface area (Å²) in [6, 6.07) is 11.3. The molecule has 246 valence electrons. The minimum absolute atomic E-state index is 0.623. The van der Waals surface area contributed by atoms with Gasteiger partial charge in [-0.05, 0) is 74.2 Å². The van der Waals surface area contributed by atoms with E-state index in [4.69, 9.17) is 10.2 Å². The van der Waals surface area contributed by atoms with Gasteiger partial charge in [0.05, 0.1) is 0 Å². The molecule has 0 aliphatic heterocycles. The zero-order valence-corrected chi connectivity index (χ0v) is 24.0. The Morgan fingerprint density at radius 1 is 0.413 bits per heavy atom. The van der Waals surface area contributed by atoms with Gasteiger partial charge in [-0.15, -0.1) is 0 Å². The maximum Gasteiger partial charge on any atom is 0.314 e. The van der Waals surface area contributed by atoms with Crippen LogP contribution in [0.3, 0.4) is 0 Å². The predicted octanol–water partition coefficient (Wildman–Crippen LogP) is 7.67. The summed E-state index contributed by atoms with van der Waals surface area (Å²) in [5.41, 5.74) is 5.38. The van der Waals surface area contributed by atoms with Crippen LogP contribution in [0.5, 0.6) is 11.5 Å². The van der Waals surface area contributed by atoms with E-state index in [1.54, 1.807) is 0 Å². The lowest BCUT2D eigenvalue weighted by atomic mass is 10.1. The van der Waals surface area contributed by atoms with Crippen LogP contribution in [-0.4, -0.2) is 22.0 Å². The number of phenolic OH excluding ortho intramolecular Hbond substituents is 2. The van der Waals surface area contributed by atoms with Crippen molar-refractivity contribution in [1.82, 2.24) is 0 Å². The van der Waals surface area contributed by atoms with Crippen LogP contribution >= 0.6 is 0 Å². The molecule has 0 bridgehead atoms. The number of carbonyl (C=O) groups is 2. The molecule has 0 saturated carbocycles. The quantitative estimate of drug-likeness (QED) is 0.0765. The zero-order chi connectivity index (χ0) is 35.2. The molecule has 0 aliphatic rings. The smallest absolute Gasteiger partial charge is 0.314 e. The van der Waals surface area contributed by atoms with Gasteiger partial charge in [-0.1, -0.05) is 12.1 Å². The molecule has 46 heavy (non-hydrogen) atoms. The topological polar surface area (TPSA) is 98.7 Å². The second kappa shape index (κ2) is 15.1. The molecule has 0 unspecified atom stereocenters. The largest absolute Gasteiger partial charge is 0.503 e. The van der Waals surface area contributed by atoms with Crippen molar-refractivity contribution >= 4 is 23.2 Å². The second-order valence-electron chi connectivity index (χ2n) is 9.50. The Morgan fingerprint density at radius 2 is 0.609 bits per heavy atom. The highest BCUT2D eigenvalue weighted by Crippen LogP contribution is 2.28. The molecule has 0 atom stereocenters. The summed E-state index contributed by atoms with van der Waals surface area (Å²) in [7, 11) is 0. The SMILES string of the molecule is Cc1cc(C)cc(NC(=O)C(=O)Nc2cc(C)cc(C)c2)c1.Oc1c(F)c(F)c(F)c(F)c1F.Oc1c(F)c(F)c(F)c(F)c1F. The Hall–Kier alpha value is -5.28. The summed E-state index contributed by atoms with van der Waals surface area (Å²) in [5, 5.41) is 21.8. The maximum absolute atomic E-state index is 12.2. The second-order valence-corrected chi connectivity index (χ2v) is 9.50. The molecule has 0 radical (unpaired) electrons. The normalized spacial score (nSPS) is 10.3. The molecule has 0 saturated heterocycles. The third-order valence-corrected chi connectivity index (χ3v) is 5.54. The van der Waals surface area contributed by atoms with Crippen LogP contribution in [0.15, 0.2) is 36.4 Å². The monoisotopic (exact) mass is 664 g/mol. The van der Waals surface area contributed by atoms with Crippen molar-refractivity contribution in [1.29, 1.82) is 0 Å². The fraction of sp³-hybridized carbons (Fsp3) is 0.133. The number of carbonyl (C=O) groups excluding carboxylic acids is 2. The molecule has 4 aromatic carbocycles. The van der Waals surface area contributed by atoms with Gasteiger partial charge in [0.1, 0.15) is 0 Å². The highest BCUT2D eigenvalue weighted by molar-refractivity contribution is 6.43. The first kappa shape index (κ1) is 36.9. The summed E-state index contributed by atoms with van der Waals surface area (Å²) in [6.45, 7) is 7.77. The van der Waals surface area contributed by atoms with Crippen molar-refractivity contribution in [3.05, 3.63) is 117 Å². The van der Waals surface area contributed by atoms with Crippen molar-refractivity contribution in [3.63, 3.8) is 0 Å². The zero-order valence-electron chi connectivity index (χ0n) is 24.0. The molecule has 0 fully saturated rings. The summed E-state index contributed by atoms with van der Waals surface area (Å²) >= 11 is 0. The van der Waals surface area contributed by atoms with E-state index in [-0.39, 0.29) is 0 Å². The summed E-state index contributed by atoms with van der Waals surface area (Å²) in [5.74, 6) is -27.2. The first-order valence-electron chi connectivity index (χ1n) is 12.5. The lowest BCUT2D eigenvalue weighted by molar-refractivity contribution is -0.132. The van der Waals surface area contributed by atoms with Gasteiger partial charge in [0, 0.05) is 11.4 Å². The van der Waals surface area contributed by atoms with Crippen LogP contribution in [-0.2, 0) is 9.59 Å². The third kappa shape index (κ3) is 8.89. The van der Waals surface area contributed by atoms with Gasteiger partial charge in [0.2, 0.25) is 58.2 Å². The third-order valence-electron chi connectivity index (χ3n) is 5.54. The van der Waals surface area contributed by atoms with Gasteiger partial charge in [-0.25, -0.2) is 26.3 Å². The molecule has 4 aromatic rings. The molecule has 4 N–H and O–H groups in total. The van der Waals surface area contributed by atoms with Crippen LogP contribution in [0.25, 0.3) is 0 Å². The number of benzene rings is 4. The maximum atomic E-state index is 12.2. The fourth-order valence-corrected chi connectivity index (χ4v) is 3.66. The number of anilines is 2. The molecule has 0 heterocycles. The summed E-state index contributed by atoms with van der Waals surface area (Å²) < 4.78 is 121. The first-order valence-corrected chi connectivity index (χ1v) is 12.5. The molecule has 6 nitrogen and oxygen atoms in total. The molecule has 0 aromatic heterocycles. The molecular formula is C30H22F10N2O4. The van der Waals surface area contributed by atoms with Crippen LogP contribution in [0, 0.1) is 85.9 Å². The highest BCUT2D eigenvalue weighted by Gasteiger charge is 2.26. The number of phenols is 2. The van der Waals surface area contributed by atoms with Crippen LogP contribution in [0.4, 0.5) is 55.3 Å². The van der Waals surface area contributed by atoms with Crippen LogP contribution in [0.2, 0.25) is 0 Å². The number of amides is 2. The minimum Gasteiger partial charge on any atom is -0.503 e. The van der Waals surface area contributed by atoms with Crippen molar-refractivity contribution in [2.45, 2.75) is 27.7 Å². The number of aryl methyl sites for hydroxylation is 4. The standard InChI is InChI=1S/C18H20N2O2.2C6HF5O/c1-11-5-12(2)8-15(7-11)19-17(21)18(22)20-16-9-13(3)6-14(4)10-16;2*7-1-2(8)4(10)6(12)5(11)3(1)9/h5-10H,1-4H3,(H,19,21)(H,20,22);2*12H. The van der Waals surface area contributed by atoms with E-state index in [9.17, 15) is 53.5 Å². The van der Waals surface area contributed by atoms with E-state index in [1.807, 2.05) is 64.1 Å². The first-order chi connectivity index (χ1) is 21.3. The van der Waals surface area contributed by atoms with E-state index in [0.717, 1.165) is 22.3 Å². The number of rotatable bonds is 2. The summed E-state index contributed by atoms with van der Waals surface area (Å²) in [6.07, 6.45) is 0. The molecule has 0 aliphatic carbocycles. The lowest BCUT2D eigenvalue weighted by Gasteiger charge is -2.09. The van der Waals surface area contributed by atoms with E-state index in [0.29, 0.717) is 11.4 Å². The minimum atomic E-state index is -2.29. The molecular weight excluding hydrogens is 642 g/mol. The van der Waals surface area contributed by atoms with Crippen molar-refractivity contribution in [2.75, 3.05) is 10.6 Å². The Morgan fingerprint density at radius 3 is 0.826 bits per heavy atom. The van der Waals surface area contributed by atoms with Crippen LogP contribution < -0.4 is 10.6 Å². The number of aromatic hydroxyl groups is 2. The average Bonchev–Trinajstić information content (AvgIpc) is 2.98. The van der Waals surface area contributed by atoms with Gasteiger partial charge in [-0.2, -0.15) is 17.6 Å². The summed E-state index contributed by atoms with van der Waals surface area (Å²) in [4.78, 5) is 24.0. The van der Waals surface area contributed by atoms with Gasteiger partial charge >= 0.3 is 11.8 Å². The van der Waals surface area contributed by atoms with Crippen molar-refractivity contribution < 1.29 is 63.7 Å². The lowest BCUT2D eigenvalue weighted by Crippen LogP contribution is -2.29. The van der Waals surface area contributed by atoms with Gasteiger partial charge in [0.25, 0.3) is 0 Å². The predicted molar refractivity (Wildman–Crippen MR) is 145 cm³/mol. The number of nitrogens with one attached hydrogen (secondary N) is 2. The Balaban J connectivity index is 0.000000261. The number of hydrogen-bond donors (Lipinski definition) is 4. The van der Waals surface area contributed by atoms with E-state index < -0.39 is 81.5 Å². The molecule has 16 heteroatoms. The van der Waals surface area contributed by atoms with E-state index in [1.165, 1.54) is 0 Å². The molecule has 4 rings (SSSR count). The number of hydrogen-bond acceptors (Lipinski definition) is 4. The number of halogens is 10. The molecule has 2 amide bonds. The Bertz CT molecular complexity index is 1430. The fourth-order valence-electron chi connectivity index (χ4n) is 3.66. The average molecular weight is 664 g/mol. The van der Waals surface area contributed by atoms with Gasteiger partial charge in [0.15, 0.2) is 11.5 Å². The van der Waals surface area contributed by atoms with E-state index in [2.05, 4.69) is 10.6 Å². The van der Waals surface area contributed by atoms with Crippen molar-refractivity contribution in [3.8, 4) is 11.5 Å².